The minimum atomic E-state index is 0.679. The van der Waals surface area contributed by atoms with Crippen LogP contribution in [0.15, 0.2) is 415 Å². The molecule has 21 aromatic rings. The van der Waals surface area contributed by atoms with Gasteiger partial charge in [-0.3, -0.25) is 0 Å². The van der Waals surface area contributed by atoms with Gasteiger partial charge in [0, 0.05) is 77.6 Å². The third kappa shape index (κ3) is 12.6. The van der Waals surface area contributed by atoms with Crippen LogP contribution in [0.5, 0.6) is 0 Å². The van der Waals surface area contributed by atoms with E-state index in [4.69, 9.17) is 28.8 Å². The molecule has 0 amide bonds. The molecule has 0 aliphatic heterocycles. The Bertz CT molecular complexity index is 6820. The zero-order valence-electron chi connectivity index (χ0n) is 60.2. The summed E-state index contributed by atoms with van der Waals surface area (Å²) in [7, 11) is 0. The van der Waals surface area contributed by atoms with Crippen LogP contribution in [-0.2, 0) is 0 Å². The Kier molecular flexibility index (Phi) is 16.8. The van der Waals surface area contributed by atoms with Crippen LogP contribution in [0.25, 0.3) is 189 Å². The molecule has 0 bridgehead atoms. The average Bonchev–Trinajstić information content (AvgIpc) is 1.64. The Morgan fingerprint density at radius 2 is 0.568 bits per heavy atom. The molecule has 0 aliphatic carbocycles. The topological polar surface area (TPSA) is 81.1 Å². The van der Waals surface area contributed by atoms with Gasteiger partial charge >= 0.3 is 0 Å². The number of rotatable bonds is 13. The predicted octanol–water partition coefficient (Wildman–Crippen LogP) is 28.4. The minimum absolute atomic E-state index is 0.679. The molecule has 0 atom stereocenters. The summed E-state index contributed by atoms with van der Waals surface area (Å²) >= 11 is 0. The van der Waals surface area contributed by atoms with Gasteiger partial charge in [0.25, 0.3) is 0 Å². The summed E-state index contributed by atoms with van der Waals surface area (Å²) in [6.07, 6.45) is 0. The lowest BCUT2D eigenvalue weighted by Crippen LogP contribution is -2.10. The highest BCUT2D eigenvalue weighted by atomic mass is 16.3. The van der Waals surface area contributed by atoms with Crippen LogP contribution in [0.2, 0.25) is 0 Å². The Labute approximate surface area is 641 Å². The number of furan rings is 2. The first-order chi connectivity index (χ1) is 55.0. The second-order valence-electron chi connectivity index (χ2n) is 27.9. The van der Waals surface area contributed by atoms with Crippen molar-refractivity contribution in [2.75, 3.05) is 4.90 Å². The van der Waals surface area contributed by atoms with E-state index in [-0.39, 0.29) is 0 Å². The van der Waals surface area contributed by atoms with E-state index in [1.807, 2.05) is 54.6 Å². The molecule has 7 heteroatoms. The number of nitrogens with zero attached hydrogens (tertiary/aromatic N) is 5. The highest BCUT2D eigenvalue weighted by Gasteiger charge is 2.24. The average molecular weight is 1420 g/mol. The summed E-state index contributed by atoms with van der Waals surface area (Å²) < 4.78 is 13.5. The van der Waals surface area contributed by atoms with Gasteiger partial charge in [-0.05, 0) is 169 Å². The van der Waals surface area contributed by atoms with E-state index < -0.39 is 0 Å². The molecule has 4 aromatic heterocycles. The maximum Gasteiger partial charge on any atom is 0.160 e. The van der Waals surface area contributed by atoms with Gasteiger partial charge in [0.05, 0.1) is 28.3 Å². The van der Waals surface area contributed by atoms with E-state index in [1.54, 1.807) is 0 Å². The van der Waals surface area contributed by atoms with E-state index >= 15 is 0 Å². The molecular formula is C104H67N5O2. The lowest BCUT2D eigenvalue weighted by atomic mass is 9.90. The number of benzene rings is 17. The zero-order valence-corrected chi connectivity index (χ0v) is 60.2. The molecule has 520 valence electrons. The first-order valence-electron chi connectivity index (χ1n) is 37.5. The van der Waals surface area contributed by atoms with E-state index in [1.165, 1.54) is 49.9 Å². The predicted molar refractivity (Wildman–Crippen MR) is 460 cm³/mol. The molecule has 7 nitrogen and oxygen atoms in total. The van der Waals surface area contributed by atoms with Crippen LogP contribution in [0.1, 0.15) is 0 Å². The standard InChI is InChI=1S/C54H35N3O.C50H32N2O/c1-4-14-36(15-5-1)38-24-29-42(30-25-38)57(43-31-26-39(27-32-43)37-16-6-2-7-17-37)49-35-51-52(45-21-11-10-20-44(45)49)47-34-41(28-33-50(47)58-51)54-55-48-23-13-12-22-46(48)53(56-54)40-18-8-3-9-19-40;1-5-15-33(16-6-1)38-27-39(34-17-7-2-8-18-34)29-40(28-38)43-31-48-49(42-24-14-13-23-41(42)43)44-30-37(25-26-47(44)53-48)46-32-45(35-19-9-3-10-20-35)51-50(52-46)36-21-11-4-12-22-36/h1-35H;1-32H. The van der Waals surface area contributed by atoms with Gasteiger partial charge in [0.1, 0.15) is 22.3 Å². The molecular weight excluding hydrogens is 1350 g/mol. The Morgan fingerprint density at radius 1 is 0.198 bits per heavy atom. The largest absolute Gasteiger partial charge is 0.456 e. The van der Waals surface area contributed by atoms with Crippen molar-refractivity contribution in [2.45, 2.75) is 0 Å². The van der Waals surface area contributed by atoms with E-state index in [9.17, 15) is 0 Å². The van der Waals surface area contributed by atoms with Crippen molar-refractivity contribution in [1.82, 2.24) is 19.9 Å². The van der Waals surface area contributed by atoms with Crippen LogP contribution in [0, 0.1) is 0 Å². The molecule has 111 heavy (non-hydrogen) atoms. The summed E-state index contributed by atoms with van der Waals surface area (Å²) in [5.41, 5.74) is 26.8. The molecule has 0 fully saturated rings. The lowest BCUT2D eigenvalue weighted by molar-refractivity contribution is 0.669. The molecule has 0 aliphatic rings. The van der Waals surface area contributed by atoms with E-state index in [0.717, 1.165) is 144 Å². The SMILES string of the molecule is c1ccc(-c2cc(-c3ccccc3)cc(-c3cc4oc5ccc(-c6cc(-c7ccccc7)nc(-c7ccccc7)n6)cc5c4c4ccccc34)c2)cc1.c1ccc(-c2ccc(N(c3ccc(-c4ccccc4)cc3)c3cc4oc5ccc(-c6nc(-c7ccccc7)c7ccccc7n6)cc5c4c4ccccc34)cc2)cc1. The van der Waals surface area contributed by atoms with Gasteiger partial charge in [-0.25, -0.2) is 19.9 Å². The zero-order chi connectivity index (χ0) is 73.6. The highest BCUT2D eigenvalue weighted by molar-refractivity contribution is 6.24. The number of aromatic nitrogens is 4. The van der Waals surface area contributed by atoms with Crippen molar-refractivity contribution in [2.24, 2.45) is 0 Å². The number of fused-ring (bicyclic) bond motifs is 11. The first kappa shape index (κ1) is 65.6. The normalized spacial score (nSPS) is 11.4. The fraction of sp³-hybridized carbons (Fsp3) is 0. The summed E-state index contributed by atoms with van der Waals surface area (Å²) in [5, 5.41) is 9.85. The van der Waals surface area contributed by atoms with Crippen LogP contribution in [-0.4, -0.2) is 19.9 Å². The van der Waals surface area contributed by atoms with E-state index in [0.29, 0.717) is 11.6 Å². The molecule has 21 rings (SSSR count). The van der Waals surface area contributed by atoms with Gasteiger partial charge in [0.2, 0.25) is 0 Å². The van der Waals surface area contributed by atoms with Gasteiger partial charge in [-0.2, -0.15) is 0 Å². The lowest BCUT2D eigenvalue weighted by Gasteiger charge is -2.27. The summed E-state index contributed by atoms with van der Waals surface area (Å²) in [6.45, 7) is 0. The maximum absolute atomic E-state index is 6.76. The number of hydrogen-bond acceptors (Lipinski definition) is 7. The molecule has 0 spiro atoms. The summed E-state index contributed by atoms with van der Waals surface area (Å²) in [6, 6.07) is 142. The number of para-hydroxylation sites is 1. The monoisotopic (exact) mass is 1420 g/mol. The molecule has 4 heterocycles. The van der Waals surface area contributed by atoms with Gasteiger partial charge in [-0.15, -0.1) is 0 Å². The Morgan fingerprint density at radius 3 is 1.10 bits per heavy atom. The van der Waals surface area contributed by atoms with Crippen LogP contribution in [0.3, 0.4) is 0 Å². The molecule has 0 unspecified atom stereocenters. The Balaban J connectivity index is 0.000000146. The first-order valence-corrected chi connectivity index (χ1v) is 37.5. The highest BCUT2D eigenvalue weighted by Crippen LogP contribution is 2.48. The van der Waals surface area contributed by atoms with Crippen molar-refractivity contribution < 1.29 is 8.83 Å². The number of hydrogen-bond donors (Lipinski definition) is 0. The van der Waals surface area contributed by atoms with Crippen molar-refractivity contribution in [1.29, 1.82) is 0 Å². The van der Waals surface area contributed by atoms with Crippen molar-refractivity contribution in [3.8, 4) is 112 Å². The van der Waals surface area contributed by atoms with E-state index in [2.05, 4.69) is 357 Å². The van der Waals surface area contributed by atoms with Crippen molar-refractivity contribution in [3.63, 3.8) is 0 Å². The van der Waals surface area contributed by atoms with Crippen LogP contribution < -0.4 is 4.90 Å². The quantitative estimate of drug-likeness (QED) is 0.114. The van der Waals surface area contributed by atoms with Gasteiger partial charge in [-0.1, -0.05) is 303 Å². The van der Waals surface area contributed by atoms with Gasteiger partial charge < -0.3 is 13.7 Å². The fourth-order valence-electron chi connectivity index (χ4n) is 15.7. The molecule has 0 radical (unpaired) electrons. The van der Waals surface area contributed by atoms with Crippen molar-refractivity contribution >= 4 is 93.4 Å². The molecule has 0 saturated carbocycles. The second-order valence-corrected chi connectivity index (χ2v) is 27.9. The molecule has 0 N–H and O–H groups in total. The molecule has 17 aromatic carbocycles. The summed E-state index contributed by atoms with van der Waals surface area (Å²) in [4.78, 5) is 22.7. The third-order valence-corrected chi connectivity index (χ3v) is 21.1. The van der Waals surface area contributed by atoms with Gasteiger partial charge in [0.15, 0.2) is 11.6 Å². The Hall–Kier alpha value is -14.9. The smallest absolute Gasteiger partial charge is 0.160 e. The number of anilines is 3. The summed E-state index contributed by atoms with van der Waals surface area (Å²) in [5.74, 6) is 1.38. The second kappa shape index (κ2) is 28.4. The third-order valence-electron chi connectivity index (χ3n) is 21.1. The molecule has 0 saturated heterocycles. The fourth-order valence-corrected chi connectivity index (χ4v) is 15.7. The van der Waals surface area contributed by atoms with Crippen LogP contribution in [0.4, 0.5) is 17.1 Å². The maximum atomic E-state index is 6.76. The van der Waals surface area contributed by atoms with Crippen LogP contribution >= 0.6 is 0 Å². The minimum Gasteiger partial charge on any atom is -0.456 e. The van der Waals surface area contributed by atoms with Crippen molar-refractivity contribution in [3.05, 3.63) is 406 Å².